The highest BCUT2D eigenvalue weighted by Gasteiger charge is 2.32. The number of nitro groups is 1. The number of nitro benzene ring substituents is 1. The second-order valence-electron chi connectivity index (χ2n) is 7.26. The maximum absolute atomic E-state index is 12.5. The van der Waals surface area contributed by atoms with E-state index in [0.717, 1.165) is 19.3 Å². The Labute approximate surface area is 173 Å². The van der Waals surface area contributed by atoms with E-state index in [4.69, 9.17) is 16.7 Å². The van der Waals surface area contributed by atoms with Crippen LogP contribution in [-0.4, -0.2) is 27.6 Å². The SMILES string of the molecule is O=C(O)CCCCCC[C@@H]1C(=O)CC[C@H]1C=CC(=O)c1cc(Cl)ccc1[N+](=O)[O-]. The number of unbranched alkanes of at least 4 members (excludes halogenated alkanes) is 3. The molecule has 1 aromatic rings. The lowest BCUT2D eigenvalue weighted by Gasteiger charge is -2.14. The van der Waals surface area contributed by atoms with Gasteiger partial charge in [0.2, 0.25) is 0 Å². The van der Waals surface area contributed by atoms with E-state index in [2.05, 4.69) is 0 Å². The Morgan fingerprint density at radius 2 is 1.97 bits per heavy atom. The minimum atomic E-state index is -0.800. The summed E-state index contributed by atoms with van der Waals surface area (Å²) in [6, 6.07) is 3.85. The highest BCUT2D eigenvalue weighted by atomic mass is 35.5. The minimum Gasteiger partial charge on any atom is -0.481 e. The van der Waals surface area contributed by atoms with E-state index in [1.165, 1.54) is 24.3 Å². The number of carbonyl (C=O) groups is 3. The number of ketones is 2. The summed E-state index contributed by atoms with van der Waals surface area (Å²) in [6.45, 7) is 0. The Hall–Kier alpha value is -2.54. The van der Waals surface area contributed by atoms with Gasteiger partial charge in [0.25, 0.3) is 5.69 Å². The molecule has 1 saturated carbocycles. The number of allylic oxidation sites excluding steroid dienone is 2. The Morgan fingerprint density at radius 1 is 1.24 bits per heavy atom. The molecule has 0 amide bonds. The lowest BCUT2D eigenvalue weighted by atomic mass is 9.89. The quantitative estimate of drug-likeness (QED) is 0.176. The van der Waals surface area contributed by atoms with E-state index in [9.17, 15) is 24.5 Å². The zero-order chi connectivity index (χ0) is 21.4. The van der Waals surface area contributed by atoms with E-state index in [1.54, 1.807) is 6.08 Å². The molecule has 1 aliphatic rings. The molecule has 1 aromatic carbocycles. The van der Waals surface area contributed by atoms with Crippen LogP contribution in [0.5, 0.6) is 0 Å². The molecule has 0 heterocycles. The summed E-state index contributed by atoms with van der Waals surface area (Å²) in [5.74, 6) is -1.36. The Balaban J connectivity index is 1.95. The van der Waals surface area contributed by atoms with Gasteiger partial charge in [-0.25, -0.2) is 0 Å². The fourth-order valence-electron chi connectivity index (χ4n) is 3.70. The van der Waals surface area contributed by atoms with Crippen molar-refractivity contribution in [3.63, 3.8) is 0 Å². The lowest BCUT2D eigenvalue weighted by molar-refractivity contribution is -0.385. The molecule has 0 radical (unpaired) electrons. The van der Waals surface area contributed by atoms with Gasteiger partial charge in [0, 0.05) is 29.8 Å². The van der Waals surface area contributed by atoms with Crippen molar-refractivity contribution in [2.24, 2.45) is 11.8 Å². The number of Topliss-reactive ketones (excluding diaryl/α,β-unsaturated/α-hetero) is 1. The summed E-state index contributed by atoms with van der Waals surface area (Å²) in [5, 5.41) is 20.0. The number of rotatable bonds is 11. The van der Waals surface area contributed by atoms with Gasteiger partial charge in [0.1, 0.15) is 11.3 Å². The van der Waals surface area contributed by atoms with E-state index in [-0.39, 0.29) is 40.3 Å². The van der Waals surface area contributed by atoms with Crippen molar-refractivity contribution in [3.05, 3.63) is 51.1 Å². The van der Waals surface area contributed by atoms with Gasteiger partial charge in [-0.1, -0.05) is 36.9 Å². The van der Waals surface area contributed by atoms with Crippen LogP contribution in [0.4, 0.5) is 5.69 Å². The highest BCUT2D eigenvalue weighted by molar-refractivity contribution is 6.31. The Bertz CT molecular complexity index is 819. The minimum absolute atomic E-state index is 0.0660. The van der Waals surface area contributed by atoms with Crippen molar-refractivity contribution in [2.45, 2.75) is 51.4 Å². The highest BCUT2D eigenvalue weighted by Crippen LogP contribution is 2.34. The third kappa shape index (κ3) is 6.78. The summed E-state index contributed by atoms with van der Waals surface area (Å²) in [6.07, 6.45) is 8.10. The fourth-order valence-corrected chi connectivity index (χ4v) is 3.87. The molecule has 0 aromatic heterocycles. The van der Waals surface area contributed by atoms with Gasteiger partial charge in [-0.05, 0) is 43.4 Å². The standard InChI is InChI=1S/C21H24ClNO6/c22-15-9-10-18(23(28)29)17(13-15)20(25)12-8-14-7-11-19(24)16(14)5-3-1-2-4-6-21(26)27/h8-10,12-14,16H,1-7,11H2,(H,26,27)/t14-,16-/m0/s1. The van der Waals surface area contributed by atoms with Crippen LogP contribution in [0, 0.1) is 22.0 Å². The van der Waals surface area contributed by atoms with Crippen LogP contribution in [0.1, 0.15) is 61.7 Å². The predicted molar refractivity (Wildman–Crippen MR) is 108 cm³/mol. The lowest BCUT2D eigenvalue weighted by Crippen LogP contribution is -2.13. The molecule has 1 fully saturated rings. The number of carbonyl (C=O) groups excluding carboxylic acids is 2. The zero-order valence-corrected chi connectivity index (χ0v) is 16.8. The van der Waals surface area contributed by atoms with Crippen molar-refractivity contribution >= 4 is 34.8 Å². The van der Waals surface area contributed by atoms with Gasteiger partial charge in [0.15, 0.2) is 5.78 Å². The summed E-state index contributed by atoms with van der Waals surface area (Å²) < 4.78 is 0. The van der Waals surface area contributed by atoms with Crippen molar-refractivity contribution in [3.8, 4) is 0 Å². The third-order valence-corrected chi connectivity index (χ3v) is 5.46. The van der Waals surface area contributed by atoms with E-state index in [1.807, 2.05) is 0 Å². The number of carboxylic acid groups (broad SMARTS) is 1. The average molecular weight is 422 g/mol. The Morgan fingerprint density at radius 3 is 2.66 bits per heavy atom. The molecule has 7 nitrogen and oxygen atoms in total. The van der Waals surface area contributed by atoms with Crippen LogP contribution in [0.3, 0.4) is 0 Å². The Kier molecular flexibility index (Phi) is 8.51. The van der Waals surface area contributed by atoms with Crippen LogP contribution < -0.4 is 0 Å². The molecular formula is C21H24ClNO6. The topological polar surface area (TPSA) is 115 Å². The smallest absolute Gasteiger partial charge is 0.303 e. The fraction of sp³-hybridized carbons (Fsp3) is 0.476. The van der Waals surface area contributed by atoms with Crippen molar-refractivity contribution < 1.29 is 24.4 Å². The molecule has 0 spiro atoms. The normalized spacial score (nSPS) is 19.0. The third-order valence-electron chi connectivity index (χ3n) is 5.23. The first kappa shape index (κ1) is 22.7. The molecule has 156 valence electrons. The number of hydrogen-bond donors (Lipinski definition) is 1. The largest absolute Gasteiger partial charge is 0.481 e. The number of halogens is 1. The summed E-state index contributed by atoms with van der Waals surface area (Å²) in [7, 11) is 0. The molecular weight excluding hydrogens is 398 g/mol. The molecule has 0 saturated heterocycles. The second kappa shape index (κ2) is 10.9. The number of nitrogens with zero attached hydrogens (tertiary/aromatic N) is 1. The first-order chi connectivity index (χ1) is 13.8. The van der Waals surface area contributed by atoms with Gasteiger partial charge in [-0.15, -0.1) is 0 Å². The van der Waals surface area contributed by atoms with Gasteiger partial charge in [-0.3, -0.25) is 24.5 Å². The molecule has 8 heteroatoms. The number of benzene rings is 1. The summed E-state index contributed by atoms with van der Waals surface area (Å²) in [4.78, 5) is 45.7. The van der Waals surface area contributed by atoms with Gasteiger partial charge in [0.05, 0.1) is 4.92 Å². The van der Waals surface area contributed by atoms with E-state index < -0.39 is 16.7 Å². The van der Waals surface area contributed by atoms with Crippen molar-refractivity contribution in [1.29, 1.82) is 0 Å². The van der Waals surface area contributed by atoms with Crippen molar-refractivity contribution in [2.75, 3.05) is 0 Å². The summed E-state index contributed by atoms with van der Waals surface area (Å²) in [5.41, 5.74) is -0.373. The average Bonchev–Trinajstić information content (AvgIpc) is 3.01. The van der Waals surface area contributed by atoms with Crippen molar-refractivity contribution in [1.82, 2.24) is 0 Å². The van der Waals surface area contributed by atoms with Crippen LogP contribution >= 0.6 is 11.6 Å². The molecule has 1 aliphatic carbocycles. The van der Waals surface area contributed by atoms with Crippen LogP contribution in [0.25, 0.3) is 0 Å². The molecule has 1 N–H and O–H groups in total. The summed E-state index contributed by atoms with van der Waals surface area (Å²) >= 11 is 5.87. The zero-order valence-electron chi connectivity index (χ0n) is 16.0. The molecule has 0 bridgehead atoms. The maximum Gasteiger partial charge on any atom is 0.303 e. The first-order valence-electron chi connectivity index (χ1n) is 9.70. The van der Waals surface area contributed by atoms with Crippen LogP contribution in [0.2, 0.25) is 5.02 Å². The van der Waals surface area contributed by atoms with Gasteiger partial charge in [-0.2, -0.15) is 0 Å². The number of hydrogen-bond acceptors (Lipinski definition) is 5. The molecule has 0 unspecified atom stereocenters. The van der Waals surface area contributed by atoms with Crippen LogP contribution in [-0.2, 0) is 9.59 Å². The first-order valence-corrected chi connectivity index (χ1v) is 10.1. The number of carboxylic acids is 1. The molecule has 2 rings (SSSR count). The van der Waals surface area contributed by atoms with Crippen LogP contribution in [0.15, 0.2) is 30.4 Å². The second-order valence-corrected chi connectivity index (χ2v) is 7.70. The maximum atomic E-state index is 12.5. The molecule has 29 heavy (non-hydrogen) atoms. The molecule has 2 atom stereocenters. The predicted octanol–water partition coefficient (Wildman–Crippen LogP) is 5.01. The van der Waals surface area contributed by atoms with Gasteiger partial charge < -0.3 is 5.11 Å². The van der Waals surface area contributed by atoms with Gasteiger partial charge >= 0.3 is 5.97 Å². The number of aliphatic carboxylic acids is 1. The monoisotopic (exact) mass is 421 g/mol. The van der Waals surface area contributed by atoms with E-state index >= 15 is 0 Å². The van der Waals surface area contributed by atoms with E-state index in [0.29, 0.717) is 25.7 Å². The molecule has 0 aliphatic heterocycles.